The molecule has 0 spiro atoms. The average Bonchev–Trinajstić information content (AvgIpc) is 2.54. The molecule has 26 heavy (non-hydrogen) atoms. The summed E-state index contributed by atoms with van der Waals surface area (Å²) < 4.78 is 71.2. The number of sulfonamides is 1. The molecule has 2 rings (SSSR count). The van der Waals surface area contributed by atoms with E-state index in [4.69, 9.17) is 9.84 Å². The number of alkyl halides is 3. The highest BCUT2D eigenvalue weighted by atomic mass is 32.2. The fourth-order valence-corrected chi connectivity index (χ4v) is 3.83. The third-order valence-corrected chi connectivity index (χ3v) is 5.81. The summed E-state index contributed by atoms with van der Waals surface area (Å²) in [6, 6.07) is 0.540. The van der Waals surface area contributed by atoms with Crippen LogP contribution in [0.3, 0.4) is 0 Å². The van der Waals surface area contributed by atoms with Gasteiger partial charge >= 0.3 is 6.18 Å². The van der Waals surface area contributed by atoms with Crippen LogP contribution in [0.2, 0.25) is 0 Å². The fraction of sp³-hybridized carbons (Fsp3) is 0.667. The Hall–Kier alpha value is -1.43. The van der Waals surface area contributed by atoms with Gasteiger partial charge in [-0.05, 0) is 18.9 Å². The molecular formula is C15H22F3N3O4S. The Morgan fingerprint density at radius 3 is 2.58 bits per heavy atom. The minimum atomic E-state index is -4.77. The van der Waals surface area contributed by atoms with Gasteiger partial charge in [-0.1, -0.05) is 6.42 Å². The number of nitrogens with zero attached hydrogens (tertiary/aromatic N) is 1. The van der Waals surface area contributed by atoms with Crippen molar-refractivity contribution in [2.24, 2.45) is 5.41 Å². The van der Waals surface area contributed by atoms with Gasteiger partial charge in [-0.2, -0.15) is 13.2 Å². The molecule has 0 bridgehead atoms. The van der Waals surface area contributed by atoms with Crippen LogP contribution in [-0.4, -0.2) is 51.9 Å². The van der Waals surface area contributed by atoms with Gasteiger partial charge in [0.15, 0.2) is 0 Å². The third-order valence-electron chi connectivity index (χ3n) is 4.38. The van der Waals surface area contributed by atoms with Crippen molar-refractivity contribution in [2.75, 3.05) is 38.7 Å². The Morgan fingerprint density at radius 1 is 1.38 bits per heavy atom. The van der Waals surface area contributed by atoms with Crippen LogP contribution in [0.25, 0.3) is 0 Å². The molecule has 7 nitrogen and oxygen atoms in total. The second-order valence-corrected chi connectivity index (χ2v) is 8.09. The number of hydrogen-bond donors (Lipinski definition) is 3. The number of pyridine rings is 1. The van der Waals surface area contributed by atoms with E-state index in [-0.39, 0.29) is 18.5 Å². The first-order chi connectivity index (χ1) is 12.1. The molecule has 0 aromatic carbocycles. The van der Waals surface area contributed by atoms with Crippen molar-refractivity contribution in [3.8, 4) is 0 Å². The highest BCUT2D eigenvalue weighted by molar-refractivity contribution is 7.89. The lowest BCUT2D eigenvalue weighted by Crippen LogP contribution is -2.40. The molecule has 3 N–H and O–H groups in total. The largest absolute Gasteiger partial charge is 0.419 e. The van der Waals surface area contributed by atoms with Gasteiger partial charge < -0.3 is 15.2 Å². The lowest BCUT2D eigenvalue weighted by Gasteiger charge is -2.41. The molecule has 0 amide bonds. The summed E-state index contributed by atoms with van der Waals surface area (Å²) in [5, 5.41) is 11.4. The van der Waals surface area contributed by atoms with Crippen LogP contribution >= 0.6 is 0 Å². The zero-order valence-corrected chi connectivity index (χ0v) is 15.1. The van der Waals surface area contributed by atoms with Crippen LogP contribution < -0.4 is 10.0 Å². The summed E-state index contributed by atoms with van der Waals surface area (Å²) >= 11 is 0. The van der Waals surface area contributed by atoms with E-state index in [9.17, 15) is 21.6 Å². The number of methoxy groups -OCH3 is 1. The fourth-order valence-electron chi connectivity index (χ4n) is 2.84. The maximum atomic E-state index is 13.4. The maximum Gasteiger partial charge on any atom is 0.419 e. The van der Waals surface area contributed by atoms with E-state index < -0.39 is 39.1 Å². The van der Waals surface area contributed by atoms with Gasteiger partial charge in [0.25, 0.3) is 0 Å². The van der Waals surface area contributed by atoms with E-state index in [0.29, 0.717) is 12.7 Å². The smallest absolute Gasteiger partial charge is 0.395 e. The first-order valence-electron chi connectivity index (χ1n) is 8.04. The first kappa shape index (κ1) is 20.9. The molecule has 148 valence electrons. The molecule has 11 heteroatoms. The van der Waals surface area contributed by atoms with E-state index in [1.807, 2.05) is 4.72 Å². The van der Waals surface area contributed by atoms with Crippen LogP contribution in [0.1, 0.15) is 24.8 Å². The maximum absolute atomic E-state index is 13.4. The predicted molar refractivity (Wildman–Crippen MR) is 88.2 cm³/mol. The second kappa shape index (κ2) is 8.07. The minimum absolute atomic E-state index is 0.229. The highest BCUT2D eigenvalue weighted by Crippen LogP contribution is 2.42. The van der Waals surface area contributed by atoms with Crippen molar-refractivity contribution in [3.05, 3.63) is 17.8 Å². The lowest BCUT2D eigenvalue weighted by atomic mass is 9.69. The van der Waals surface area contributed by atoms with Crippen LogP contribution in [0.4, 0.5) is 19.0 Å². The van der Waals surface area contributed by atoms with Gasteiger partial charge in [0.2, 0.25) is 10.0 Å². The molecule has 0 saturated heterocycles. The molecule has 1 fully saturated rings. The summed E-state index contributed by atoms with van der Waals surface area (Å²) in [6.45, 7) is -0.0894. The molecule has 1 aromatic heterocycles. The average molecular weight is 397 g/mol. The molecule has 0 unspecified atom stereocenters. The van der Waals surface area contributed by atoms with E-state index >= 15 is 0 Å². The molecule has 1 aliphatic rings. The Morgan fingerprint density at radius 2 is 2.08 bits per heavy atom. The zero-order chi connectivity index (χ0) is 19.4. The van der Waals surface area contributed by atoms with Crippen LogP contribution in [0, 0.1) is 5.41 Å². The summed E-state index contributed by atoms with van der Waals surface area (Å²) in [7, 11) is -2.65. The van der Waals surface area contributed by atoms with Gasteiger partial charge in [-0.15, -0.1) is 0 Å². The molecule has 1 aromatic rings. The number of halogens is 3. The quantitative estimate of drug-likeness (QED) is 0.585. The summed E-state index contributed by atoms with van der Waals surface area (Å²) in [4.78, 5) is 3.08. The molecule has 1 heterocycles. The van der Waals surface area contributed by atoms with E-state index in [2.05, 4.69) is 10.3 Å². The number of nitrogens with one attached hydrogen (secondary N) is 2. The number of aliphatic hydroxyl groups is 1. The molecule has 0 atom stereocenters. The van der Waals surface area contributed by atoms with E-state index in [1.165, 1.54) is 0 Å². The van der Waals surface area contributed by atoms with Crippen molar-refractivity contribution in [2.45, 2.75) is 30.3 Å². The Kier molecular flexibility index (Phi) is 6.48. The SMILES string of the molecule is COCC1(CNc2ncc(S(=O)(=O)NCCO)cc2C(F)(F)F)CCC1. The first-order valence-corrected chi connectivity index (χ1v) is 9.52. The Bertz CT molecular complexity index is 721. The van der Waals surface area contributed by atoms with Gasteiger partial charge in [0.1, 0.15) is 10.7 Å². The predicted octanol–water partition coefficient (Wildman–Crippen LogP) is 1.60. The summed E-state index contributed by atoms with van der Waals surface area (Å²) in [5.41, 5.74) is -1.39. The summed E-state index contributed by atoms with van der Waals surface area (Å²) in [6.07, 6.45) is -1.25. The van der Waals surface area contributed by atoms with E-state index in [0.717, 1.165) is 25.5 Å². The normalized spacial score (nSPS) is 17.0. The number of ether oxygens (including phenoxy) is 1. The zero-order valence-electron chi connectivity index (χ0n) is 14.3. The highest BCUT2D eigenvalue weighted by Gasteiger charge is 2.39. The van der Waals surface area contributed by atoms with Crippen molar-refractivity contribution < 1.29 is 31.4 Å². The van der Waals surface area contributed by atoms with Gasteiger partial charge in [-0.25, -0.2) is 18.1 Å². The van der Waals surface area contributed by atoms with Crippen LogP contribution in [0.5, 0.6) is 0 Å². The molecule has 0 aliphatic heterocycles. The minimum Gasteiger partial charge on any atom is -0.395 e. The Labute approximate surface area is 150 Å². The molecular weight excluding hydrogens is 375 g/mol. The van der Waals surface area contributed by atoms with Crippen molar-refractivity contribution in [1.82, 2.24) is 9.71 Å². The lowest BCUT2D eigenvalue weighted by molar-refractivity contribution is -0.137. The van der Waals surface area contributed by atoms with Gasteiger partial charge in [0.05, 0.1) is 18.8 Å². The second-order valence-electron chi connectivity index (χ2n) is 6.33. The van der Waals surface area contributed by atoms with E-state index in [1.54, 1.807) is 7.11 Å². The van der Waals surface area contributed by atoms with Crippen molar-refractivity contribution in [3.63, 3.8) is 0 Å². The van der Waals surface area contributed by atoms with Crippen molar-refractivity contribution in [1.29, 1.82) is 0 Å². The van der Waals surface area contributed by atoms with Gasteiger partial charge in [-0.3, -0.25) is 0 Å². The third kappa shape index (κ3) is 4.84. The number of aliphatic hydroxyl groups excluding tert-OH is 1. The molecule has 1 saturated carbocycles. The number of anilines is 1. The number of hydrogen-bond acceptors (Lipinski definition) is 6. The summed E-state index contributed by atoms with van der Waals surface area (Å²) in [5.74, 6) is -0.416. The van der Waals surface area contributed by atoms with Crippen molar-refractivity contribution >= 4 is 15.8 Å². The van der Waals surface area contributed by atoms with Gasteiger partial charge in [0, 0.05) is 31.8 Å². The van der Waals surface area contributed by atoms with Crippen LogP contribution in [-0.2, 0) is 20.9 Å². The molecule has 0 radical (unpaired) electrons. The Balaban J connectivity index is 2.26. The molecule has 1 aliphatic carbocycles. The topological polar surface area (TPSA) is 101 Å². The number of rotatable bonds is 9. The monoisotopic (exact) mass is 397 g/mol. The number of aromatic nitrogens is 1. The standard InChI is InChI=1S/C15H22F3N3O4S/c1-25-10-14(3-2-4-14)9-20-13-12(15(16,17)18)7-11(8-19-13)26(23,24)21-5-6-22/h7-8,21-22H,2-6,9-10H2,1H3,(H,19,20). The van der Waals surface area contributed by atoms with Crippen LogP contribution in [0.15, 0.2) is 17.2 Å².